The summed E-state index contributed by atoms with van der Waals surface area (Å²) in [6.07, 6.45) is 4.62. The Hall–Kier alpha value is -1.76. The molecule has 0 bridgehead atoms. The van der Waals surface area contributed by atoms with Gasteiger partial charge in [-0.15, -0.1) is 10.2 Å². The fraction of sp³-hybridized carbons (Fsp3) is 0.500. The molecule has 1 amide bonds. The van der Waals surface area contributed by atoms with Crippen molar-refractivity contribution in [1.82, 2.24) is 20.1 Å². The van der Waals surface area contributed by atoms with E-state index < -0.39 is 0 Å². The van der Waals surface area contributed by atoms with Crippen LogP contribution in [0.15, 0.2) is 21.9 Å². The van der Waals surface area contributed by atoms with Gasteiger partial charge in [0.2, 0.25) is 5.91 Å². The number of thioether (sulfide) groups is 1. The van der Waals surface area contributed by atoms with Gasteiger partial charge < -0.3 is 14.3 Å². The molecule has 3 rings (SSSR count). The quantitative estimate of drug-likeness (QED) is 0.940. The van der Waals surface area contributed by atoms with Gasteiger partial charge >= 0.3 is 0 Å². The Balaban J connectivity index is 1.82. The van der Waals surface area contributed by atoms with Crippen LogP contribution in [-0.2, 0) is 11.8 Å². The number of hydrogen-bond donors (Lipinski definition) is 1. The molecule has 2 aromatic rings. The van der Waals surface area contributed by atoms with E-state index in [1.807, 2.05) is 24.6 Å². The summed E-state index contributed by atoms with van der Waals surface area (Å²) in [6.45, 7) is 2.67. The van der Waals surface area contributed by atoms with Gasteiger partial charge in [-0.2, -0.15) is 0 Å². The Kier molecular flexibility index (Phi) is 4.01. The first-order chi connectivity index (χ1) is 10.2. The molecule has 21 heavy (non-hydrogen) atoms. The third-order valence-corrected chi connectivity index (χ3v) is 4.97. The van der Waals surface area contributed by atoms with Crippen molar-refractivity contribution in [1.29, 1.82) is 0 Å². The molecule has 1 atom stereocenters. The number of amides is 1. The maximum absolute atomic E-state index is 12.0. The molecule has 1 saturated heterocycles. The number of furan rings is 1. The summed E-state index contributed by atoms with van der Waals surface area (Å²) in [6, 6.07) is 1.88. The Morgan fingerprint density at radius 2 is 2.29 bits per heavy atom. The number of hydrogen-bond acceptors (Lipinski definition) is 5. The number of rotatable bonds is 3. The summed E-state index contributed by atoms with van der Waals surface area (Å²) in [5.74, 6) is 1.67. The molecule has 0 unspecified atom stereocenters. The van der Waals surface area contributed by atoms with E-state index in [1.165, 1.54) is 11.8 Å². The van der Waals surface area contributed by atoms with Gasteiger partial charge in [0.25, 0.3) is 0 Å². The van der Waals surface area contributed by atoms with Gasteiger partial charge in [-0.3, -0.25) is 4.79 Å². The number of aryl methyl sites for hydroxylation is 1. The van der Waals surface area contributed by atoms with Crippen molar-refractivity contribution in [3.8, 4) is 11.4 Å². The van der Waals surface area contributed by atoms with Crippen LogP contribution in [0.1, 0.15) is 25.0 Å². The van der Waals surface area contributed by atoms with E-state index in [0.29, 0.717) is 0 Å². The van der Waals surface area contributed by atoms with E-state index in [-0.39, 0.29) is 11.2 Å². The Labute approximate surface area is 127 Å². The molecule has 3 heterocycles. The molecule has 0 radical (unpaired) electrons. The molecule has 0 aliphatic carbocycles. The second-order valence-corrected chi connectivity index (χ2v) is 6.32. The summed E-state index contributed by atoms with van der Waals surface area (Å²) >= 11 is 1.48. The molecule has 1 aliphatic heterocycles. The Morgan fingerprint density at radius 3 is 3.05 bits per heavy atom. The second kappa shape index (κ2) is 5.93. The highest BCUT2D eigenvalue weighted by molar-refractivity contribution is 8.00. The predicted octanol–water partition coefficient (Wildman–Crippen LogP) is 2.14. The van der Waals surface area contributed by atoms with Crippen LogP contribution in [0.4, 0.5) is 0 Å². The van der Waals surface area contributed by atoms with Crippen molar-refractivity contribution in [2.45, 2.75) is 36.6 Å². The molecule has 0 aromatic carbocycles. The Morgan fingerprint density at radius 1 is 1.43 bits per heavy atom. The van der Waals surface area contributed by atoms with Crippen molar-refractivity contribution < 1.29 is 9.21 Å². The fourth-order valence-corrected chi connectivity index (χ4v) is 3.48. The monoisotopic (exact) mass is 306 g/mol. The SMILES string of the molecule is Cc1occc1-c1nnc(S[C@@H]2CCCCNC2=O)n1C. The van der Waals surface area contributed by atoms with Crippen LogP contribution in [-0.4, -0.2) is 32.5 Å². The average molecular weight is 306 g/mol. The van der Waals surface area contributed by atoms with E-state index in [0.717, 1.165) is 48.1 Å². The molecule has 0 saturated carbocycles. The Bertz CT molecular complexity index is 649. The highest BCUT2D eigenvalue weighted by Gasteiger charge is 2.25. The lowest BCUT2D eigenvalue weighted by Crippen LogP contribution is -2.30. The zero-order chi connectivity index (χ0) is 14.8. The first kappa shape index (κ1) is 14.2. The van der Waals surface area contributed by atoms with Crippen molar-refractivity contribution in [2.24, 2.45) is 7.05 Å². The molecular formula is C14H18N4O2S. The number of carbonyl (C=O) groups is 1. The minimum Gasteiger partial charge on any atom is -0.469 e. The van der Waals surface area contributed by atoms with Crippen LogP contribution in [0.25, 0.3) is 11.4 Å². The normalized spacial score (nSPS) is 19.3. The van der Waals surface area contributed by atoms with Crippen molar-refractivity contribution >= 4 is 17.7 Å². The summed E-state index contributed by atoms with van der Waals surface area (Å²) in [7, 11) is 1.92. The van der Waals surface area contributed by atoms with E-state index in [1.54, 1.807) is 6.26 Å². The molecule has 1 aliphatic rings. The zero-order valence-electron chi connectivity index (χ0n) is 12.1. The van der Waals surface area contributed by atoms with Gasteiger partial charge in [0, 0.05) is 13.6 Å². The first-order valence-electron chi connectivity index (χ1n) is 7.05. The van der Waals surface area contributed by atoms with Gasteiger partial charge in [0.1, 0.15) is 5.76 Å². The number of nitrogens with one attached hydrogen (secondary N) is 1. The zero-order valence-corrected chi connectivity index (χ0v) is 12.9. The van der Waals surface area contributed by atoms with Crippen LogP contribution in [0.5, 0.6) is 0 Å². The molecule has 0 spiro atoms. The standard InChI is InChI=1S/C14H18N4O2S/c1-9-10(6-8-20-9)12-16-17-14(18(12)2)21-11-5-3-4-7-15-13(11)19/h6,8,11H,3-5,7H2,1-2H3,(H,15,19)/t11-/m1/s1. The molecule has 1 N–H and O–H groups in total. The van der Waals surface area contributed by atoms with Gasteiger partial charge in [0.05, 0.1) is 17.1 Å². The third kappa shape index (κ3) is 2.83. The maximum Gasteiger partial charge on any atom is 0.233 e. The smallest absolute Gasteiger partial charge is 0.233 e. The van der Waals surface area contributed by atoms with Gasteiger partial charge in [-0.1, -0.05) is 18.2 Å². The van der Waals surface area contributed by atoms with E-state index in [9.17, 15) is 4.79 Å². The average Bonchev–Trinajstić information content (AvgIpc) is 2.96. The summed E-state index contributed by atoms with van der Waals surface area (Å²) in [4.78, 5) is 12.0. The summed E-state index contributed by atoms with van der Waals surface area (Å²) < 4.78 is 7.23. The molecule has 7 heteroatoms. The van der Waals surface area contributed by atoms with E-state index in [4.69, 9.17) is 4.42 Å². The second-order valence-electron chi connectivity index (χ2n) is 5.15. The first-order valence-corrected chi connectivity index (χ1v) is 7.93. The van der Waals surface area contributed by atoms with Crippen LogP contribution < -0.4 is 5.32 Å². The molecule has 6 nitrogen and oxygen atoms in total. The van der Waals surface area contributed by atoms with Crippen LogP contribution in [0, 0.1) is 6.92 Å². The lowest BCUT2D eigenvalue weighted by molar-refractivity contribution is -0.120. The number of carbonyl (C=O) groups excluding carboxylic acids is 1. The van der Waals surface area contributed by atoms with E-state index >= 15 is 0 Å². The largest absolute Gasteiger partial charge is 0.469 e. The third-order valence-electron chi connectivity index (χ3n) is 3.67. The number of aromatic nitrogens is 3. The molecule has 2 aromatic heterocycles. The molecule has 1 fully saturated rings. The summed E-state index contributed by atoms with van der Waals surface area (Å²) in [5.41, 5.74) is 0.933. The van der Waals surface area contributed by atoms with Gasteiger partial charge in [-0.25, -0.2) is 0 Å². The van der Waals surface area contributed by atoms with Crippen molar-refractivity contribution in [3.63, 3.8) is 0 Å². The van der Waals surface area contributed by atoms with E-state index in [2.05, 4.69) is 15.5 Å². The molecule has 112 valence electrons. The topological polar surface area (TPSA) is 73.0 Å². The lowest BCUT2D eigenvalue weighted by Gasteiger charge is -2.11. The van der Waals surface area contributed by atoms with Crippen LogP contribution in [0.2, 0.25) is 0 Å². The van der Waals surface area contributed by atoms with Crippen molar-refractivity contribution in [3.05, 3.63) is 18.1 Å². The maximum atomic E-state index is 12.0. The number of nitrogens with zero attached hydrogens (tertiary/aromatic N) is 3. The predicted molar refractivity (Wildman–Crippen MR) is 79.9 cm³/mol. The minimum atomic E-state index is -0.0892. The van der Waals surface area contributed by atoms with Gasteiger partial charge in [0.15, 0.2) is 11.0 Å². The minimum absolute atomic E-state index is 0.0892. The highest BCUT2D eigenvalue weighted by atomic mass is 32.2. The van der Waals surface area contributed by atoms with Crippen molar-refractivity contribution in [2.75, 3.05) is 6.54 Å². The van der Waals surface area contributed by atoms with Crippen LogP contribution >= 0.6 is 11.8 Å². The fourth-order valence-electron chi connectivity index (χ4n) is 2.42. The van der Waals surface area contributed by atoms with Crippen LogP contribution in [0.3, 0.4) is 0 Å². The highest BCUT2D eigenvalue weighted by Crippen LogP contribution is 2.30. The summed E-state index contributed by atoms with van der Waals surface area (Å²) in [5, 5.41) is 12.1. The molecular weight excluding hydrogens is 288 g/mol. The van der Waals surface area contributed by atoms with Gasteiger partial charge in [-0.05, 0) is 25.8 Å². The lowest BCUT2D eigenvalue weighted by atomic mass is 10.2.